The molecule has 4 rings (SSSR count). The topological polar surface area (TPSA) is 145 Å². The molecule has 11 heteroatoms. The Hall–Kier alpha value is -4.80. The Morgan fingerprint density at radius 1 is 1.09 bits per heavy atom. The Balaban J connectivity index is 1.29. The van der Waals surface area contributed by atoms with Gasteiger partial charge in [-0.2, -0.15) is 5.10 Å². The standard InChI is InChI=1S/C22H18N6O5/c1-14(15-6-9-18(10-7-15)28(30)31)24-26-21(29)23-22-27-25-20(33-22)13-32-19-11-8-16-4-2-3-5-17(16)12-19/h2-12H,13H2,1H3,(H2,23,26,27,29)/b24-14-. The summed E-state index contributed by atoms with van der Waals surface area (Å²) in [6.07, 6.45) is 0. The Morgan fingerprint density at radius 2 is 1.85 bits per heavy atom. The third kappa shape index (κ3) is 5.47. The SMILES string of the molecule is C/C(=N/NC(=O)Nc1nnc(COc2ccc3ccccc3c2)o1)c1ccc([N+](=O)[O-])cc1. The number of carbonyl (C=O) groups is 1. The van der Waals surface area contributed by atoms with Crippen LogP contribution in [0, 0.1) is 10.1 Å². The molecule has 0 aliphatic carbocycles. The highest BCUT2D eigenvalue weighted by molar-refractivity contribution is 5.99. The fourth-order valence-corrected chi connectivity index (χ4v) is 2.91. The van der Waals surface area contributed by atoms with Gasteiger partial charge in [-0.15, -0.1) is 5.10 Å². The molecule has 0 aliphatic rings. The van der Waals surface area contributed by atoms with Gasteiger partial charge < -0.3 is 9.15 Å². The van der Waals surface area contributed by atoms with Crippen LogP contribution < -0.4 is 15.5 Å². The minimum absolute atomic E-state index is 0.0333. The van der Waals surface area contributed by atoms with Gasteiger partial charge in [0, 0.05) is 12.1 Å². The summed E-state index contributed by atoms with van der Waals surface area (Å²) in [5.41, 5.74) is 3.33. The Labute approximate surface area is 187 Å². The molecule has 2 N–H and O–H groups in total. The number of nitrogens with one attached hydrogen (secondary N) is 2. The van der Waals surface area contributed by atoms with Gasteiger partial charge in [0.2, 0.25) is 0 Å². The van der Waals surface area contributed by atoms with Crippen molar-refractivity contribution in [3.8, 4) is 5.75 Å². The molecule has 3 aromatic carbocycles. The normalized spacial score (nSPS) is 11.2. The summed E-state index contributed by atoms with van der Waals surface area (Å²) in [6.45, 7) is 1.68. The number of hydrogen-bond acceptors (Lipinski definition) is 8. The number of carbonyl (C=O) groups excluding carboxylic acids is 1. The third-order valence-electron chi connectivity index (χ3n) is 4.59. The minimum Gasteiger partial charge on any atom is -0.484 e. The molecule has 2 amide bonds. The number of nitro groups is 1. The molecule has 0 radical (unpaired) electrons. The van der Waals surface area contributed by atoms with Crippen molar-refractivity contribution in [2.45, 2.75) is 13.5 Å². The van der Waals surface area contributed by atoms with Crippen LogP contribution in [0.5, 0.6) is 5.75 Å². The van der Waals surface area contributed by atoms with Crippen molar-refractivity contribution < 1.29 is 18.9 Å². The van der Waals surface area contributed by atoms with Crippen LogP contribution in [0.1, 0.15) is 18.4 Å². The molecule has 1 aromatic heterocycles. The van der Waals surface area contributed by atoms with Crippen LogP contribution in [-0.4, -0.2) is 26.9 Å². The van der Waals surface area contributed by atoms with E-state index in [-0.39, 0.29) is 24.2 Å². The van der Waals surface area contributed by atoms with Gasteiger partial charge in [-0.05, 0) is 47.5 Å². The van der Waals surface area contributed by atoms with E-state index in [2.05, 4.69) is 26.0 Å². The molecule has 0 saturated heterocycles. The first-order valence-corrected chi connectivity index (χ1v) is 9.78. The number of rotatable bonds is 7. The number of hydrazone groups is 1. The lowest BCUT2D eigenvalue weighted by atomic mass is 10.1. The zero-order valence-electron chi connectivity index (χ0n) is 17.4. The number of aromatic nitrogens is 2. The zero-order chi connectivity index (χ0) is 23.2. The molecule has 0 fully saturated rings. The van der Waals surface area contributed by atoms with E-state index >= 15 is 0 Å². The van der Waals surface area contributed by atoms with E-state index in [1.165, 1.54) is 24.3 Å². The monoisotopic (exact) mass is 446 g/mol. The number of benzene rings is 3. The van der Waals surface area contributed by atoms with Crippen molar-refractivity contribution in [3.63, 3.8) is 0 Å². The van der Waals surface area contributed by atoms with Crippen molar-refractivity contribution >= 4 is 34.2 Å². The molecule has 4 aromatic rings. The second-order valence-corrected chi connectivity index (χ2v) is 6.87. The predicted octanol–water partition coefficient (Wildman–Crippen LogP) is 4.26. The highest BCUT2D eigenvalue weighted by atomic mass is 16.6. The van der Waals surface area contributed by atoms with Crippen molar-refractivity contribution in [2.24, 2.45) is 5.10 Å². The average Bonchev–Trinajstić information content (AvgIpc) is 3.28. The van der Waals surface area contributed by atoms with E-state index in [1.807, 2.05) is 42.5 Å². The summed E-state index contributed by atoms with van der Waals surface area (Å²) in [5, 5.41) is 26.8. The van der Waals surface area contributed by atoms with E-state index in [9.17, 15) is 14.9 Å². The number of nitro benzene ring substituents is 1. The summed E-state index contributed by atoms with van der Waals surface area (Å²) < 4.78 is 11.0. The molecule has 0 unspecified atom stereocenters. The van der Waals surface area contributed by atoms with Gasteiger partial charge in [0.15, 0.2) is 6.61 Å². The first kappa shape index (κ1) is 21.4. The molecule has 1 heterocycles. The van der Waals surface area contributed by atoms with Crippen LogP contribution in [0.4, 0.5) is 16.5 Å². The number of fused-ring (bicyclic) bond motifs is 1. The molecule has 0 saturated carbocycles. The smallest absolute Gasteiger partial charge is 0.343 e. The second-order valence-electron chi connectivity index (χ2n) is 6.87. The van der Waals surface area contributed by atoms with E-state index in [4.69, 9.17) is 9.15 Å². The summed E-state index contributed by atoms with van der Waals surface area (Å²) in [4.78, 5) is 22.2. The van der Waals surface area contributed by atoms with Gasteiger partial charge in [-0.1, -0.05) is 35.4 Å². The maximum Gasteiger partial charge on any atom is 0.343 e. The number of hydrogen-bond donors (Lipinski definition) is 2. The van der Waals surface area contributed by atoms with Crippen LogP contribution in [0.25, 0.3) is 10.8 Å². The number of amides is 2. The fourth-order valence-electron chi connectivity index (χ4n) is 2.91. The van der Waals surface area contributed by atoms with Crippen LogP contribution >= 0.6 is 0 Å². The van der Waals surface area contributed by atoms with E-state index in [0.717, 1.165) is 10.8 Å². The molecule has 0 bridgehead atoms. The Kier molecular flexibility index (Phi) is 6.21. The summed E-state index contributed by atoms with van der Waals surface area (Å²) >= 11 is 0. The van der Waals surface area contributed by atoms with Crippen molar-refractivity contribution in [3.05, 3.63) is 88.3 Å². The number of anilines is 1. The summed E-state index contributed by atoms with van der Waals surface area (Å²) in [5.74, 6) is 0.833. The first-order chi connectivity index (χ1) is 16.0. The van der Waals surface area contributed by atoms with Gasteiger partial charge in [-0.3, -0.25) is 15.4 Å². The Morgan fingerprint density at radius 3 is 2.61 bits per heavy atom. The van der Waals surface area contributed by atoms with Crippen LogP contribution in [-0.2, 0) is 6.61 Å². The highest BCUT2D eigenvalue weighted by Crippen LogP contribution is 2.21. The van der Waals surface area contributed by atoms with Gasteiger partial charge in [0.1, 0.15) is 5.75 Å². The van der Waals surface area contributed by atoms with Crippen LogP contribution in [0.3, 0.4) is 0 Å². The summed E-state index contributed by atoms with van der Waals surface area (Å²) in [6, 6.07) is 18.6. The van der Waals surface area contributed by atoms with E-state index in [1.54, 1.807) is 6.92 Å². The number of ether oxygens (including phenoxy) is 1. The number of nitrogens with zero attached hydrogens (tertiary/aromatic N) is 4. The van der Waals surface area contributed by atoms with E-state index in [0.29, 0.717) is 17.0 Å². The lowest BCUT2D eigenvalue weighted by Gasteiger charge is -2.05. The van der Waals surface area contributed by atoms with Crippen LogP contribution in [0.2, 0.25) is 0 Å². The first-order valence-electron chi connectivity index (χ1n) is 9.78. The number of urea groups is 1. The molecule has 0 atom stereocenters. The number of non-ortho nitro benzene ring substituents is 1. The van der Waals surface area contributed by atoms with Gasteiger partial charge in [0.25, 0.3) is 11.6 Å². The average molecular weight is 446 g/mol. The van der Waals surface area contributed by atoms with Crippen LogP contribution in [0.15, 0.2) is 76.2 Å². The molecular weight excluding hydrogens is 428 g/mol. The van der Waals surface area contributed by atoms with E-state index < -0.39 is 11.0 Å². The highest BCUT2D eigenvalue weighted by Gasteiger charge is 2.11. The van der Waals surface area contributed by atoms with Crippen molar-refractivity contribution in [1.29, 1.82) is 0 Å². The lowest BCUT2D eigenvalue weighted by Crippen LogP contribution is -2.25. The quantitative estimate of drug-likeness (QED) is 0.245. The molecule has 33 heavy (non-hydrogen) atoms. The maximum absolute atomic E-state index is 12.0. The van der Waals surface area contributed by atoms with Gasteiger partial charge in [0.05, 0.1) is 10.6 Å². The minimum atomic E-state index is -0.693. The molecule has 166 valence electrons. The fraction of sp³-hybridized carbons (Fsp3) is 0.0909. The summed E-state index contributed by atoms with van der Waals surface area (Å²) in [7, 11) is 0. The lowest BCUT2D eigenvalue weighted by molar-refractivity contribution is -0.384. The maximum atomic E-state index is 12.0. The molecular formula is C22H18N6O5. The molecule has 0 spiro atoms. The van der Waals surface area contributed by atoms with Gasteiger partial charge >= 0.3 is 12.0 Å². The second kappa shape index (κ2) is 9.56. The largest absolute Gasteiger partial charge is 0.484 e. The van der Waals surface area contributed by atoms with Gasteiger partial charge in [-0.25, -0.2) is 10.2 Å². The Bertz CT molecular complexity index is 1330. The molecule has 0 aliphatic heterocycles. The van der Waals surface area contributed by atoms with Crippen molar-refractivity contribution in [1.82, 2.24) is 15.6 Å². The zero-order valence-corrected chi connectivity index (χ0v) is 17.4. The third-order valence-corrected chi connectivity index (χ3v) is 4.59. The van der Waals surface area contributed by atoms with Crippen molar-refractivity contribution in [2.75, 3.05) is 5.32 Å². The predicted molar refractivity (Wildman–Crippen MR) is 120 cm³/mol. The molecule has 11 nitrogen and oxygen atoms in total.